The lowest BCUT2D eigenvalue weighted by Gasteiger charge is -2.40. The monoisotopic (exact) mass is 546 g/mol. The number of nitrogen functional groups attached to an aromatic ring is 1. The van der Waals surface area contributed by atoms with Crippen molar-refractivity contribution in [3.63, 3.8) is 0 Å². The van der Waals surface area contributed by atoms with Crippen LogP contribution in [-0.4, -0.2) is 57.8 Å². The predicted molar refractivity (Wildman–Crippen MR) is 156 cm³/mol. The summed E-state index contributed by atoms with van der Waals surface area (Å²) in [5, 5.41) is 4.01. The standard InChI is InChI=1S/C30H38N6O2S/c1-4-18-12-23(14-32-27(18)31)33-28(37)30(38)36-17(2)6-5-7-25(36)19-8-9-26-24(13-19)34-29(39-26)20-10-21-15-35(3)16-22(21)11-20/h8-9,12-14,17,20-22,25H,4-7,10-11,15-16H2,1-3H3,(H2,31,32)(H,33,37)/t17?,20?,21-,22+,25-/m1/s1. The number of fused-ring (bicyclic) bond motifs is 2. The van der Waals surface area contributed by atoms with Gasteiger partial charge in [0, 0.05) is 25.0 Å². The number of rotatable bonds is 4. The van der Waals surface area contributed by atoms with Crippen molar-refractivity contribution in [1.29, 1.82) is 0 Å². The topological polar surface area (TPSA) is 104 Å². The number of thiazole rings is 1. The normalized spacial score (nSPS) is 27.2. The lowest BCUT2D eigenvalue weighted by atomic mass is 9.91. The summed E-state index contributed by atoms with van der Waals surface area (Å²) >= 11 is 1.82. The van der Waals surface area contributed by atoms with Crippen LogP contribution in [0, 0.1) is 11.8 Å². The number of hydrogen-bond donors (Lipinski definition) is 2. The van der Waals surface area contributed by atoms with E-state index in [1.54, 1.807) is 11.0 Å². The van der Waals surface area contributed by atoms with Crippen LogP contribution >= 0.6 is 11.3 Å². The van der Waals surface area contributed by atoms with Gasteiger partial charge in [0.25, 0.3) is 0 Å². The molecule has 1 saturated carbocycles. The lowest BCUT2D eigenvalue weighted by molar-refractivity contribution is -0.148. The molecule has 2 aromatic heterocycles. The molecular weight excluding hydrogens is 508 g/mol. The minimum atomic E-state index is -0.642. The van der Waals surface area contributed by atoms with E-state index in [0.29, 0.717) is 23.8 Å². The molecule has 206 valence electrons. The molecule has 1 aliphatic carbocycles. The Labute approximate surface area is 234 Å². The number of piperidine rings is 1. The van der Waals surface area contributed by atoms with Crippen LogP contribution in [0.15, 0.2) is 30.5 Å². The van der Waals surface area contributed by atoms with Gasteiger partial charge in [0.1, 0.15) is 5.82 Å². The summed E-state index contributed by atoms with van der Waals surface area (Å²) in [5.41, 5.74) is 9.30. The number of nitrogens with zero attached hydrogens (tertiary/aromatic N) is 4. The summed E-state index contributed by atoms with van der Waals surface area (Å²) < 4.78 is 1.20. The first-order valence-corrected chi connectivity index (χ1v) is 15.1. The molecule has 1 aromatic carbocycles. The zero-order chi connectivity index (χ0) is 27.3. The lowest BCUT2D eigenvalue weighted by Crippen LogP contribution is -2.48. The molecule has 0 bridgehead atoms. The van der Waals surface area contributed by atoms with E-state index in [2.05, 4.69) is 40.4 Å². The quantitative estimate of drug-likeness (QED) is 0.448. The number of nitrogens with one attached hydrogen (secondary N) is 1. The van der Waals surface area contributed by atoms with Gasteiger partial charge in [0.2, 0.25) is 0 Å². The highest BCUT2D eigenvalue weighted by Gasteiger charge is 2.41. The SMILES string of the molecule is CCc1cc(NC(=O)C(=O)N2C(C)CCC[C@@H]2c2ccc3sc(C4C[C@@H]5CN(C)C[C@@H]5C4)nc3c2)cnc1N. The van der Waals surface area contributed by atoms with Crippen molar-refractivity contribution in [2.75, 3.05) is 31.2 Å². The number of aromatic nitrogens is 2. The van der Waals surface area contributed by atoms with Crippen LogP contribution in [0.3, 0.4) is 0 Å². The van der Waals surface area contributed by atoms with Crippen LogP contribution in [0.4, 0.5) is 11.5 Å². The summed E-state index contributed by atoms with van der Waals surface area (Å²) in [7, 11) is 2.23. The number of benzene rings is 1. The number of hydrogen-bond acceptors (Lipinski definition) is 7. The van der Waals surface area contributed by atoms with E-state index >= 15 is 0 Å². The van der Waals surface area contributed by atoms with Gasteiger partial charge in [-0.15, -0.1) is 11.3 Å². The highest BCUT2D eigenvalue weighted by molar-refractivity contribution is 7.18. The highest BCUT2D eigenvalue weighted by atomic mass is 32.1. The molecule has 2 amide bonds. The first-order valence-electron chi connectivity index (χ1n) is 14.3. The van der Waals surface area contributed by atoms with Gasteiger partial charge in [-0.3, -0.25) is 9.59 Å². The molecule has 2 aliphatic heterocycles. The van der Waals surface area contributed by atoms with Crippen LogP contribution in [0.2, 0.25) is 0 Å². The first-order chi connectivity index (χ1) is 18.8. The Morgan fingerprint density at radius 2 is 1.92 bits per heavy atom. The predicted octanol–water partition coefficient (Wildman–Crippen LogP) is 4.97. The Hall–Kier alpha value is -3.04. The Kier molecular flexibility index (Phi) is 7.05. The van der Waals surface area contributed by atoms with Crippen LogP contribution < -0.4 is 11.1 Å². The van der Waals surface area contributed by atoms with E-state index in [1.165, 1.54) is 41.8 Å². The summed E-state index contributed by atoms with van der Waals surface area (Å²) in [6.45, 7) is 6.43. The van der Waals surface area contributed by atoms with Crippen molar-refractivity contribution in [1.82, 2.24) is 19.8 Å². The van der Waals surface area contributed by atoms with Gasteiger partial charge in [-0.05, 0) is 93.7 Å². The van der Waals surface area contributed by atoms with Gasteiger partial charge in [0.05, 0.1) is 33.2 Å². The molecule has 9 heteroatoms. The zero-order valence-corrected chi connectivity index (χ0v) is 23.8. The van der Waals surface area contributed by atoms with E-state index in [4.69, 9.17) is 10.7 Å². The number of pyridine rings is 1. The Bertz CT molecular complexity index is 1390. The zero-order valence-electron chi connectivity index (χ0n) is 23.0. The van der Waals surface area contributed by atoms with Gasteiger partial charge < -0.3 is 20.9 Å². The van der Waals surface area contributed by atoms with Crippen LogP contribution in [0.5, 0.6) is 0 Å². The Balaban J connectivity index is 1.21. The maximum absolute atomic E-state index is 13.5. The van der Waals surface area contributed by atoms with Gasteiger partial charge in [-0.25, -0.2) is 9.97 Å². The molecule has 39 heavy (non-hydrogen) atoms. The molecule has 5 atom stereocenters. The fourth-order valence-corrected chi connectivity index (χ4v) is 8.19. The number of aryl methyl sites for hydroxylation is 1. The van der Waals surface area contributed by atoms with Gasteiger partial charge in [-0.2, -0.15) is 0 Å². The van der Waals surface area contributed by atoms with Gasteiger partial charge in [0.15, 0.2) is 0 Å². The second kappa shape index (κ2) is 10.5. The number of nitrogens with two attached hydrogens (primary N) is 1. The van der Waals surface area contributed by atoms with Crippen LogP contribution in [0.25, 0.3) is 10.2 Å². The van der Waals surface area contributed by atoms with Crippen molar-refractivity contribution in [3.8, 4) is 0 Å². The smallest absolute Gasteiger partial charge is 0.313 e. The molecule has 2 saturated heterocycles. The van der Waals surface area contributed by atoms with Crippen molar-refractivity contribution in [3.05, 3.63) is 46.6 Å². The second-order valence-corrected chi connectivity index (χ2v) is 12.8. The van der Waals surface area contributed by atoms with Gasteiger partial charge >= 0.3 is 11.8 Å². The average Bonchev–Trinajstić information content (AvgIpc) is 3.61. The first kappa shape index (κ1) is 26.2. The van der Waals surface area contributed by atoms with Crippen molar-refractivity contribution in [2.45, 2.75) is 70.4 Å². The van der Waals surface area contributed by atoms with E-state index in [1.807, 2.05) is 25.2 Å². The maximum Gasteiger partial charge on any atom is 0.313 e. The van der Waals surface area contributed by atoms with E-state index in [-0.39, 0.29) is 12.1 Å². The fourth-order valence-electron chi connectivity index (χ4n) is 7.12. The molecule has 8 nitrogen and oxygen atoms in total. The minimum absolute atomic E-state index is 0.0320. The van der Waals surface area contributed by atoms with E-state index in [9.17, 15) is 9.59 Å². The van der Waals surface area contributed by atoms with Gasteiger partial charge in [-0.1, -0.05) is 13.0 Å². The molecule has 3 aliphatic rings. The Morgan fingerprint density at radius 3 is 2.67 bits per heavy atom. The molecule has 3 aromatic rings. The van der Waals surface area contributed by atoms with Crippen LogP contribution in [-0.2, 0) is 16.0 Å². The molecule has 6 rings (SSSR count). The molecule has 4 heterocycles. The largest absolute Gasteiger partial charge is 0.383 e. The molecule has 3 N–H and O–H groups in total. The molecule has 3 fully saturated rings. The molecule has 2 unspecified atom stereocenters. The summed E-state index contributed by atoms with van der Waals surface area (Å²) in [5.74, 6) is 1.45. The third-order valence-electron chi connectivity index (χ3n) is 9.07. The summed E-state index contributed by atoms with van der Waals surface area (Å²) in [6.07, 6.45) is 7.39. The van der Waals surface area contributed by atoms with Crippen molar-refractivity contribution < 1.29 is 9.59 Å². The number of carbonyl (C=O) groups is 2. The Morgan fingerprint density at radius 1 is 1.15 bits per heavy atom. The number of likely N-dealkylation sites (tertiary alicyclic amines) is 2. The molecule has 0 radical (unpaired) electrons. The third kappa shape index (κ3) is 5.02. The number of anilines is 2. The van der Waals surface area contributed by atoms with E-state index < -0.39 is 11.8 Å². The third-order valence-corrected chi connectivity index (χ3v) is 10.3. The summed E-state index contributed by atoms with van der Waals surface area (Å²) in [4.78, 5) is 40.1. The highest BCUT2D eigenvalue weighted by Crippen LogP contribution is 2.47. The average molecular weight is 547 g/mol. The number of carbonyl (C=O) groups excluding carboxylic acids is 2. The fraction of sp³-hybridized carbons (Fsp3) is 0.533. The van der Waals surface area contributed by atoms with Crippen molar-refractivity contribution in [2.24, 2.45) is 11.8 Å². The van der Waals surface area contributed by atoms with Crippen molar-refractivity contribution >= 4 is 44.9 Å². The molecular formula is C30H38N6O2S. The van der Waals surface area contributed by atoms with E-state index in [0.717, 1.165) is 47.7 Å². The summed E-state index contributed by atoms with van der Waals surface area (Å²) in [6, 6.07) is 8.03. The minimum Gasteiger partial charge on any atom is -0.383 e. The number of amides is 2. The molecule has 0 spiro atoms. The maximum atomic E-state index is 13.5. The second-order valence-electron chi connectivity index (χ2n) is 11.8. The van der Waals surface area contributed by atoms with Crippen LogP contribution in [0.1, 0.15) is 74.0 Å².